The van der Waals surface area contributed by atoms with E-state index in [2.05, 4.69) is 15.3 Å². The van der Waals surface area contributed by atoms with E-state index in [1.165, 1.54) is 12.4 Å². The number of halogens is 1. The Kier molecular flexibility index (Phi) is 6.23. The quantitative estimate of drug-likeness (QED) is 0.469. The second kappa shape index (κ2) is 9.25. The zero-order valence-corrected chi connectivity index (χ0v) is 18.7. The molecule has 0 spiro atoms. The summed E-state index contributed by atoms with van der Waals surface area (Å²) in [5, 5.41) is 3.23. The first kappa shape index (κ1) is 22.2. The van der Waals surface area contributed by atoms with E-state index in [0.29, 0.717) is 22.0 Å². The van der Waals surface area contributed by atoms with Crippen LogP contribution in [-0.2, 0) is 17.9 Å². The lowest BCUT2D eigenvalue weighted by Crippen LogP contribution is -2.42. The van der Waals surface area contributed by atoms with Crippen LogP contribution in [0, 0.1) is 6.92 Å². The molecular weight excluding hydrogens is 446 g/mol. The maximum Gasteiger partial charge on any atom is 0.333 e. The van der Waals surface area contributed by atoms with Gasteiger partial charge in [-0.15, -0.1) is 0 Å². The summed E-state index contributed by atoms with van der Waals surface area (Å²) in [7, 11) is 1.55. The van der Waals surface area contributed by atoms with E-state index in [1.807, 2.05) is 6.92 Å². The molecule has 0 saturated carbocycles. The molecular formula is C23H20ClN5O4. The van der Waals surface area contributed by atoms with Crippen molar-refractivity contribution in [2.75, 3.05) is 12.4 Å². The van der Waals surface area contributed by atoms with E-state index in [9.17, 15) is 14.4 Å². The van der Waals surface area contributed by atoms with Crippen molar-refractivity contribution in [3.8, 4) is 5.75 Å². The molecule has 1 amide bonds. The molecule has 0 aliphatic carbocycles. The van der Waals surface area contributed by atoms with Gasteiger partial charge in [0.15, 0.2) is 11.2 Å². The Labute approximate surface area is 193 Å². The standard InChI is InChI=1S/C23H20ClN5O4/c1-14-3-6-16(24)11-18(14)27-19(30)13-28-21-20(25-9-10-26-21)22(31)29(23(28)32)12-15-4-7-17(33-2)8-5-15/h3-11H,12-13H2,1-2H3,(H,27,30). The number of methoxy groups -OCH3 is 1. The van der Waals surface area contributed by atoms with E-state index >= 15 is 0 Å². The third kappa shape index (κ3) is 4.63. The van der Waals surface area contributed by atoms with Crippen molar-refractivity contribution < 1.29 is 9.53 Å². The van der Waals surface area contributed by atoms with Gasteiger partial charge in [-0.05, 0) is 42.3 Å². The highest BCUT2D eigenvalue weighted by Crippen LogP contribution is 2.20. The van der Waals surface area contributed by atoms with Gasteiger partial charge in [-0.3, -0.25) is 18.7 Å². The molecule has 2 aromatic carbocycles. The lowest BCUT2D eigenvalue weighted by molar-refractivity contribution is -0.116. The fourth-order valence-corrected chi connectivity index (χ4v) is 3.56. The number of amides is 1. The number of aromatic nitrogens is 4. The second-order valence-corrected chi connectivity index (χ2v) is 7.78. The summed E-state index contributed by atoms with van der Waals surface area (Å²) in [5.41, 5.74) is 0.845. The Morgan fingerprint density at radius 3 is 2.52 bits per heavy atom. The van der Waals surface area contributed by atoms with Crippen molar-refractivity contribution in [2.24, 2.45) is 0 Å². The first-order chi connectivity index (χ1) is 15.9. The number of hydrogen-bond donors (Lipinski definition) is 1. The van der Waals surface area contributed by atoms with Gasteiger partial charge in [0.2, 0.25) is 5.91 Å². The molecule has 0 atom stereocenters. The molecule has 4 rings (SSSR count). The van der Waals surface area contributed by atoms with Crippen molar-refractivity contribution in [3.63, 3.8) is 0 Å². The van der Waals surface area contributed by atoms with Crippen LogP contribution < -0.4 is 21.3 Å². The fraction of sp³-hybridized carbons (Fsp3) is 0.174. The van der Waals surface area contributed by atoms with E-state index in [0.717, 1.165) is 14.7 Å². The zero-order chi connectivity index (χ0) is 23.5. The third-order valence-corrected chi connectivity index (χ3v) is 5.35. The Hall–Kier alpha value is -3.98. The van der Waals surface area contributed by atoms with E-state index < -0.39 is 17.2 Å². The summed E-state index contributed by atoms with van der Waals surface area (Å²) in [4.78, 5) is 47.3. The molecule has 0 aliphatic rings. The van der Waals surface area contributed by atoms with Gasteiger partial charge >= 0.3 is 5.69 Å². The lowest BCUT2D eigenvalue weighted by Gasteiger charge is -2.14. The first-order valence-electron chi connectivity index (χ1n) is 10.0. The lowest BCUT2D eigenvalue weighted by atomic mass is 10.2. The minimum absolute atomic E-state index is 0.00246. The van der Waals surface area contributed by atoms with Crippen LogP contribution in [0.25, 0.3) is 11.2 Å². The monoisotopic (exact) mass is 465 g/mol. The van der Waals surface area contributed by atoms with Gasteiger partial charge in [0, 0.05) is 23.1 Å². The van der Waals surface area contributed by atoms with Gasteiger partial charge in [0.25, 0.3) is 5.56 Å². The molecule has 0 radical (unpaired) electrons. The molecule has 33 heavy (non-hydrogen) atoms. The zero-order valence-electron chi connectivity index (χ0n) is 17.9. The molecule has 1 N–H and O–H groups in total. The van der Waals surface area contributed by atoms with Crippen LogP contribution in [0.5, 0.6) is 5.75 Å². The predicted octanol–water partition coefficient (Wildman–Crippen LogP) is 2.61. The Bertz CT molecular complexity index is 1460. The maximum absolute atomic E-state index is 13.3. The Balaban J connectivity index is 1.74. The van der Waals surface area contributed by atoms with Gasteiger partial charge in [-0.2, -0.15) is 0 Å². The van der Waals surface area contributed by atoms with Crippen molar-refractivity contribution in [1.82, 2.24) is 19.1 Å². The smallest absolute Gasteiger partial charge is 0.333 e. The summed E-state index contributed by atoms with van der Waals surface area (Å²) in [6, 6.07) is 12.1. The average Bonchev–Trinajstić information content (AvgIpc) is 2.82. The van der Waals surface area contributed by atoms with E-state index in [4.69, 9.17) is 16.3 Å². The Morgan fingerprint density at radius 1 is 1.06 bits per heavy atom. The van der Waals surface area contributed by atoms with Gasteiger partial charge in [-0.1, -0.05) is 29.8 Å². The molecule has 10 heteroatoms. The number of carbonyl (C=O) groups excluding carboxylic acids is 1. The number of aryl methyl sites for hydroxylation is 1. The van der Waals surface area contributed by atoms with Crippen LogP contribution in [0.15, 0.2) is 64.4 Å². The van der Waals surface area contributed by atoms with E-state index in [-0.39, 0.29) is 24.3 Å². The van der Waals surface area contributed by atoms with Crippen LogP contribution in [0.2, 0.25) is 5.02 Å². The minimum atomic E-state index is -0.665. The minimum Gasteiger partial charge on any atom is -0.497 e. The number of fused-ring (bicyclic) bond motifs is 1. The molecule has 2 heterocycles. The van der Waals surface area contributed by atoms with E-state index in [1.54, 1.807) is 49.6 Å². The number of hydrogen-bond acceptors (Lipinski definition) is 6. The predicted molar refractivity (Wildman–Crippen MR) is 125 cm³/mol. The largest absolute Gasteiger partial charge is 0.497 e. The number of nitrogens with zero attached hydrogens (tertiary/aromatic N) is 4. The first-order valence-corrected chi connectivity index (χ1v) is 10.4. The number of rotatable bonds is 6. The molecule has 0 fully saturated rings. The molecule has 0 unspecified atom stereocenters. The average molecular weight is 466 g/mol. The molecule has 4 aromatic rings. The van der Waals surface area contributed by atoms with Gasteiger partial charge in [0.05, 0.1) is 13.7 Å². The van der Waals surface area contributed by atoms with Gasteiger partial charge in [-0.25, -0.2) is 14.8 Å². The van der Waals surface area contributed by atoms with Crippen LogP contribution in [-0.4, -0.2) is 32.1 Å². The summed E-state index contributed by atoms with van der Waals surface area (Å²) in [6.45, 7) is 1.47. The normalized spacial score (nSPS) is 10.9. The second-order valence-electron chi connectivity index (χ2n) is 7.34. The summed E-state index contributed by atoms with van der Waals surface area (Å²) >= 11 is 6.03. The molecule has 168 valence electrons. The highest BCUT2D eigenvalue weighted by Gasteiger charge is 2.18. The van der Waals surface area contributed by atoms with Crippen LogP contribution in [0.4, 0.5) is 5.69 Å². The molecule has 9 nitrogen and oxygen atoms in total. The fourth-order valence-electron chi connectivity index (χ4n) is 3.39. The maximum atomic E-state index is 13.3. The molecule has 2 aromatic heterocycles. The highest BCUT2D eigenvalue weighted by atomic mass is 35.5. The Morgan fingerprint density at radius 2 is 1.79 bits per heavy atom. The topological polar surface area (TPSA) is 108 Å². The summed E-state index contributed by atoms with van der Waals surface area (Å²) in [6.07, 6.45) is 2.73. The van der Waals surface area contributed by atoms with Crippen molar-refractivity contribution in [3.05, 3.63) is 91.8 Å². The summed E-state index contributed by atoms with van der Waals surface area (Å²) < 4.78 is 7.33. The van der Waals surface area contributed by atoms with Crippen molar-refractivity contribution in [1.29, 1.82) is 0 Å². The number of carbonyl (C=O) groups is 1. The summed E-state index contributed by atoms with van der Waals surface area (Å²) in [5.74, 6) is 0.185. The SMILES string of the molecule is COc1ccc(Cn2c(=O)c3nccnc3n(CC(=O)Nc3cc(Cl)ccc3C)c2=O)cc1. The highest BCUT2D eigenvalue weighted by molar-refractivity contribution is 6.31. The number of nitrogens with one attached hydrogen (secondary N) is 1. The van der Waals surface area contributed by atoms with Gasteiger partial charge < -0.3 is 10.1 Å². The van der Waals surface area contributed by atoms with Gasteiger partial charge in [0.1, 0.15) is 12.3 Å². The molecule has 0 bridgehead atoms. The van der Waals surface area contributed by atoms with Crippen molar-refractivity contribution >= 4 is 34.4 Å². The molecule has 0 saturated heterocycles. The number of benzene rings is 2. The van der Waals surface area contributed by atoms with Crippen LogP contribution in [0.3, 0.4) is 0 Å². The van der Waals surface area contributed by atoms with Crippen molar-refractivity contribution in [2.45, 2.75) is 20.0 Å². The number of ether oxygens (including phenoxy) is 1. The number of anilines is 1. The van der Waals surface area contributed by atoms with Crippen LogP contribution in [0.1, 0.15) is 11.1 Å². The molecule has 0 aliphatic heterocycles. The van der Waals surface area contributed by atoms with Crippen LogP contribution >= 0.6 is 11.6 Å². The third-order valence-electron chi connectivity index (χ3n) is 5.12.